The standard InChI is InChI=1S/C74H52N2/c1-6-24-53(25-7-1)54-44-46-60(47-45-54)76(61-35-22-32-58(50-61)74(57-30-12-4-13-31-57)69-41-19-16-38-65(69)66-39-17-20-42-70(66)74)63-37-23-36-62(51-63)75(59-33-14-5-15-34-59)64-48-49-72-68(52-64)67-40-18-21-43-71(67)73(72,55-26-8-2-9-27-55)56-28-10-3-11-29-56/h1-52H. The molecular formula is C74H52N2. The molecule has 0 bridgehead atoms. The van der Waals surface area contributed by atoms with Crippen molar-refractivity contribution in [1.82, 2.24) is 0 Å². The highest BCUT2D eigenvalue weighted by atomic mass is 15.2. The van der Waals surface area contributed by atoms with E-state index in [-0.39, 0.29) is 0 Å². The maximum absolute atomic E-state index is 2.43. The van der Waals surface area contributed by atoms with Crippen LogP contribution in [-0.4, -0.2) is 0 Å². The van der Waals surface area contributed by atoms with Crippen molar-refractivity contribution in [2.45, 2.75) is 10.8 Å². The molecular weight excluding hydrogens is 917 g/mol. The Hall–Kier alpha value is -9.76. The maximum Gasteiger partial charge on any atom is 0.0714 e. The SMILES string of the molecule is c1ccc(-c2ccc(N(c3cccc(N(c4ccccc4)c4ccc5c(c4)-c4ccccc4C5(c4ccccc4)c4ccccc4)c3)c3cccc(C4(c5ccccc5)c5ccccc5-c5ccccc54)c3)cc2)cc1. The second-order valence-electron chi connectivity index (χ2n) is 20.0. The first-order valence-corrected chi connectivity index (χ1v) is 26.3. The molecule has 14 rings (SSSR count). The van der Waals surface area contributed by atoms with E-state index < -0.39 is 10.8 Å². The van der Waals surface area contributed by atoms with Crippen LogP contribution in [0.2, 0.25) is 0 Å². The van der Waals surface area contributed by atoms with Crippen molar-refractivity contribution in [2.24, 2.45) is 0 Å². The lowest BCUT2D eigenvalue weighted by Gasteiger charge is -2.35. The largest absolute Gasteiger partial charge is 0.310 e. The summed E-state index contributed by atoms with van der Waals surface area (Å²) in [5.74, 6) is 0. The number of benzene rings is 12. The molecule has 0 fully saturated rings. The highest BCUT2D eigenvalue weighted by molar-refractivity contribution is 5.92. The molecule has 0 aliphatic heterocycles. The summed E-state index contributed by atoms with van der Waals surface area (Å²) in [6.07, 6.45) is 0. The van der Waals surface area contributed by atoms with Gasteiger partial charge in [-0.2, -0.15) is 0 Å². The highest BCUT2D eigenvalue weighted by Crippen LogP contribution is 2.59. The highest BCUT2D eigenvalue weighted by Gasteiger charge is 2.47. The number of para-hydroxylation sites is 1. The summed E-state index contributed by atoms with van der Waals surface area (Å²) in [6.45, 7) is 0. The fraction of sp³-hybridized carbons (Fsp3) is 0.0270. The van der Waals surface area contributed by atoms with Crippen LogP contribution in [0.3, 0.4) is 0 Å². The lowest BCUT2D eigenvalue weighted by Crippen LogP contribution is -2.28. The first kappa shape index (κ1) is 44.9. The van der Waals surface area contributed by atoms with E-state index in [1.165, 1.54) is 77.9 Å². The van der Waals surface area contributed by atoms with Crippen LogP contribution in [0.1, 0.15) is 44.5 Å². The number of anilines is 6. The molecule has 0 atom stereocenters. The van der Waals surface area contributed by atoms with E-state index in [4.69, 9.17) is 0 Å². The van der Waals surface area contributed by atoms with Gasteiger partial charge in [0.1, 0.15) is 0 Å². The van der Waals surface area contributed by atoms with Gasteiger partial charge in [-0.05, 0) is 145 Å². The third kappa shape index (κ3) is 7.10. The topological polar surface area (TPSA) is 6.48 Å². The van der Waals surface area contributed by atoms with Gasteiger partial charge in [0.05, 0.1) is 10.8 Å². The molecule has 76 heavy (non-hydrogen) atoms. The van der Waals surface area contributed by atoms with Gasteiger partial charge in [0, 0.05) is 34.1 Å². The number of hydrogen-bond donors (Lipinski definition) is 0. The Morgan fingerprint density at radius 3 is 1.01 bits per heavy atom. The molecule has 0 saturated carbocycles. The molecule has 0 spiro atoms. The number of fused-ring (bicyclic) bond motifs is 6. The normalized spacial score (nSPS) is 13.2. The smallest absolute Gasteiger partial charge is 0.0714 e. The Morgan fingerprint density at radius 1 is 0.184 bits per heavy atom. The fourth-order valence-corrected chi connectivity index (χ4v) is 12.8. The molecule has 358 valence electrons. The summed E-state index contributed by atoms with van der Waals surface area (Å²) in [5, 5.41) is 0. The summed E-state index contributed by atoms with van der Waals surface area (Å²) in [5.41, 5.74) is 22.9. The molecule has 2 aliphatic rings. The van der Waals surface area contributed by atoms with E-state index in [0.717, 1.165) is 34.1 Å². The molecule has 0 radical (unpaired) electrons. The lowest BCUT2D eigenvalue weighted by atomic mass is 9.67. The Bertz CT molecular complexity index is 3950. The molecule has 0 amide bonds. The summed E-state index contributed by atoms with van der Waals surface area (Å²) in [6, 6.07) is 116. The molecule has 2 heteroatoms. The van der Waals surface area contributed by atoms with Gasteiger partial charge in [-0.1, -0.05) is 249 Å². The number of nitrogens with zero attached hydrogens (tertiary/aromatic N) is 2. The molecule has 0 aromatic heterocycles. The number of rotatable bonds is 11. The van der Waals surface area contributed by atoms with Gasteiger partial charge in [-0.3, -0.25) is 0 Å². The summed E-state index contributed by atoms with van der Waals surface area (Å²) in [4.78, 5) is 4.85. The van der Waals surface area contributed by atoms with Gasteiger partial charge in [-0.15, -0.1) is 0 Å². The quantitative estimate of drug-likeness (QED) is 0.127. The van der Waals surface area contributed by atoms with Crippen molar-refractivity contribution < 1.29 is 0 Å². The molecule has 0 N–H and O–H groups in total. The van der Waals surface area contributed by atoms with Gasteiger partial charge < -0.3 is 9.80 Å². The van der Waals surface area contributed by atoms with Crippen LogP contribution < -0.4 is 9.80 Å². The van der Waals surface area contributed by atoms with E-state index in [1.807, 2.05) is 0 Å². The van der Waals surface area contributed by atoms with Crippen LogP contribution >= 0.6 is 0 Å². The molecule has 0 unspecified atom stereocenters. The van der Waals surface area contributed by atoms with E-state index in [0.29, 0.717) is 0 Å². The van der Waals surface area contributed by atoms with Crippen molar-refractivity contribution in [3.8, 4) is 33.4 Å². The molecule has 12 aromatic rings. The summed E-state index contributed by atoms with van der Waals surface area (Å²) >= 11 is 0. The Morgan fingerprint density at radius 2 is 0.500 bits per heavy atom. The van der Waals surface area contributed by atoms with Gasteiger partial charge in [0.25, 0.3) is 0 Å². The van der Waals surface area contributed by atoms with Crippen LogP contribution in [0.5, 0.6) is 0 Å². The third-order valence-corrected chi connectivity index (χ3v) is 16.0. The monoisotopic (exact) mass is 968 g/mol. The van der Waals surface area contributed by atoms with Crippen LogP contribution in [0.15, 0.2) is 315 Å². The second-order valence-corrected chi connectivity index (χ2v) is 20.0. The number of hydrogen-bond acceptors (Lipinski definition) is 2. The lowest BCUT2D eigenvalue weighted by molar-refractivity contribution is 0.768. The molecule has 0 saturated heterocycles. The van der Waals surface area contributed by atoms with Crippen molar-refractivity contribution in [1.29, 1.82) is 0 Å². The van der Waals surface area contributed by atoms with Crippen molar-refractivity contribution >= 4 is 34.1 Å². The minimum atomic E-state index is -0.552. The molecule has 0 heterocycles. The average molecular weight is 969 g/mol. The van der Waals surface area contributed by atoms with Crippen LogP contribution in [0.25, 0.3) is 33.4 Å². The van der Waals surface area contributed by atoms with Gasteiger partial charge >= 0.3 is 0 Å². The van der Waals surface area contributed by atoms with Crippen molar-refractivity contribution in [3.05, 3.63) is 360 Å². The first-order chi connectivity index (χ1) is 37.7. The Balaban J connectivity index is 0.957. The van der Waals surface area contributed by atoms with Crippen LogP contribution in [0.4, 0.5) is 34.1 Å². The predicted octanol–water partition coefficient (Wildman–Crippen LogP) is 19.0. The zero-order chi connectivity index (χ0) is 50.5. The Kier molecular flexibility index (Phi) is 11.0. The molecule has 2 nitrogen and oxygen atoms in total. The summed E-state index contributed by atoms with van der Waals surface area (Å²) in [7, 11) is 0. The van der Waals surface area contributed by atoms with Gasteiger partial charge in [-0.25, -0.2) is 0 Å². The minimum Gasteiger partial charge on any atom is -0.310 e. The van der Waals surface area contributed by atoms with E-state index in [9.17, 15) is 0 Å². The van der Waals surface area contributed by atoms with Crippen molar-refractivity contribution in [2.75, 3.05) is 9.80 Å². The third-order valence-electron chi connectivity index (χ3n) is 16.0. The summed E-state index contributed by atoms with van der Waals surface area (Å²) < 4.78 is 0. The van der Waals surface area contributed by atoms with E-state index >= 15 is 0 Å². The van der Waals surface area contributed by atoms with E-state index in [2.05, 4.69) is 325 Å². The first-order valence-electron chi connectivity index (χ1n) is 26.3. The van der Waals surface area contributed by atoms with Gasteiger partial charge in [0.2, 0.25) is 0 Å². The Labute approximate surface area is 445 Å². The van der Waals surface area contributed by atoms with Crippen LogP contribution in [-0.2, 0) is 10.8 Å². The zero-order valence-electron chi connectivity index (χ0n) is 41.9. The second kappa shape index (κ2) is 18.6. The van der Waals surface area contributed by atoms with Crippen LogP contribution in [0, 0.1) is 0 Å². The predicted molar refractivity (Wildman–Crippen MR) is 316 cm³/mol. The minimum absolute atomic E-state index is 0.489. The van der Waals surface area contributed by atoms with Gasteiger partial charge in [0.15, 0.2) is 0 Å². The maximum atomic E-state index is 2.43. The van der Waals surface area contributed by atoms with Crippen molar-refractivity contribution in [3.63, 3.8) is 0 Å². The molecule has 12 aromatic carbocycles. The average Bonchev–Trinajstić information content (AvgIpc) is 4.14. The fourth-order valence-electron chi connectivity index (χ4n) is 12.8. The van der Waals surface area contributed by atoms with E-state index in [1.54, 1.807) is 0 Å². The molecule has 2 aliphatic carbocycles. The zero-order valence-corrected chi connectivity index (χ0v) is 41.9.